The summed E-state index contributed by atoms with van der Waals surface area (Å²) in [4.78, 5) is 17.0. The molecule has 1 fully saturated rings. The van der Waals surface area contributed by atoms with E-state index in [1.165, 1.54) is 11.1 Å². The largest absolute Gasteiger partial charge is 0.422 e. The van der Waals surface area contributed by atoms with Gasteiger partial charge in [0.15, 0.2) is 0 Å². The highest BCUT2D eigenvalue weighted by Crippen LogP contribution is 2.24. The Hall–Kier alpha value is -2.69. The van der Waals surface area contributed by atoms with Gasteiger partial charge >= 0.3 is 5.63 Å². The van der Waals surface area contributed by atoms with Crippen molar-refractivity contribution in [1.29, 1.82) is 0 Å². The van der Waals surface area contributed by atoms with Crippen LogP contribution >= 0.6 is 0 Å². The SMILES string of the molecule is Cc1cc(C)c2oc(=O)cc(CN3CCN(C/C=C/c4ccccc4)CC3)c2c1. The van der Waals surface area contributed by atoms with E-state index in [1.807, 2.05) is 13.0 Å². The minimum absolute atomic E-state index is 0.260. The highest BCUT2D eigenvalue weighted by molar-refractivity contribution is 5.83. The van der Waals surface area contributed by atoms with Gasteiger partial charge in [-0.2, -0.15) is 0 Å². The van der Waals surface area contributed by atoms with Crippen molar-refractivity contribution in [3.63, 3.8) is 0 Å². The molecule has 3 aromatic rings. The third-order valence-electron chi connectivity index (χ3n) is 5.59. The second-order valence-electron chi connectivity index (χ2n) is 7.94. The molecule has 0 N–H and O–H groups in total. The number of hydrogen-bond acceptors (Lipinski definition) is 4. The summed E-state index contributed by atoms with van der Waals surface area (Å²) >= 11 is 0. The predicted octanol–water partition coefficient (Wildman–Crippen LogP) is 4.24. The molecule has 0 bridgehead atoms. The van der Waals surface area contributed by atoms with Gasteiger partial charge in [0.1, 0.15) is 5.58 Å². The number of rotatable bonds is 5. The van der Waals surface area contributed by atoms with Crippen LogP contribution in [0.4, 0.5) is 0 Å². The first-order chi connectivity index (χ1) is 14.1. The monoisotopic (exact) mass is 388 g/mol. The summed E-state index contributed by atoms with van der Waals surface area (Å²) in [6.45, 7) is 9.94. The Morgan fingerprint density at radius 3 is 2.45 bits per heavy atom. The maximum Gasteiger partial charge on any atom is 0.336 e. The lowest BCUT2D eigenvalue weighted by Gasteiger charge is -2.34. The molecule has 150 valence electrons. The molecule has 29 heavy (non-hydrogen) atoms. The molecule has 0 atom stereocenters. The molecule has 2 aromatic carbocycles. The summed E-state index contributed by atoms with van der Waals surface area (Å²) < 4.78 is 5.49. The van der Waals surface area contributed by atoms with E-state index in [4.69, 9.17) is 4.42 Å². The molecule has 1 aromatic heterocycles. The summed E-state index contributed by atoms with van der Waals surface area (Å²) in [5.41, 5.74) is 4.99. The van der Waals surface area contributed by atoms with Gasteiger partial charge in [0.25, 0.3) is 0 Å². The molecule has 4 rings (SSSR count). The number of hydrogen-bond donors (Lipinski definition) is 0. The zero-order chi connectivity index (χ0) is 20.2. The zero-order valence-corrected chi connectivity index (χ0v) is 17.2. The van der Waals surface area contributed by atoms with E-state index in [9.17, 15) is 4.79 Å². The minimum atomic E-state index is -0.260. The lowest BCUT2D eigenvalue weighted by Crippen LogP contribution is -2.45. The van der Waals surface area contributed by atoms with Gasteiger partial charge in [-0.3, -0.25) is 9.80 Å². The lowest BCUT2D eigenvalue weighted by molar-refractivity contribution is 0.137. The van der Waals surface area contributed by atoms with E-state index in [2.05, 4.69) is 65.3 Å². The fourth-order valence-corrected chi connectivity index (χ4v) is 4.08. The molecule has 4 nitrogen and oxygen atoms in total. The highest BCUT2D eigenvalue weighted by Gasteiger charge is 2.18. The van der Waals surface area contributed by atoms with Crippen molar-refractivity contribution in [1.82, 2.24) is 9.80 Å². The smallest absolute Gasteiger partial charge is 0.336 e. The van der Waals surface area contributed by atoms with Crippen molar-refractivity contribution in [3.8, 4) is 0 Å². The predicted molar refractivity (Wildman–Crippen MR) is 119 cm³/mol. The van der Waals surface area contributed by atoms with Crippen LogP contribution in [0.2, 0.25) is 0 Å². The first-order valence-corrected chi connectivity index (χ1v) is 10.3. The number of fused-ring (bicyclic) bond motifs is 1. The molecule has 0 unspecified atom stereocenters. The molecule has 0 aliphatic carbocycles. The van der Waals surface area contributed by atoms with Crippen LogP contribution in [0.5, 0.6) is 0 Å². The third-order valence-corrected chi connectivity index (χ3v) is 5.59. The van der Waals surface area contributed by atoms with E-state index >= 15 is 0 Å². The first kappa shape index (κ1) is 19.6. The molecular formula is C25H28N2O2. The molecule has 0 amide bonds. The maximum absolute atomic E-state index is 12.1. The van der Waals surface area contributed by atoms with Crippen LogP contribution in [0.25, 0.3) is 17.0 Å². The lowest BCUT2D eigenvalue weighted by atomic mass is 10.0. The van der Waals surface area contributed by atoms with E-state index in [0.29, 0.717) is 0 Å². The fourth-order valence-electron chi connectivity index (χ4n) is 4.08. The summed E-state index contributed by atoms with van der Waals surface area (Å²) in [5, 5.41) is 1.07. The van der Waals surface area contributed by atoms with Crippen LogP contribution < -0.4 is 5.63 Å². The first-order valence-electron chi connectivity index (χ1n) is 10.3. The summed E-state index contributed by atoms with van der Waals surface area (Å²) in [7, 11) is 0. The second kappa shape index (κ2) is 8.76. The van der Waals surface area contributed by atoms with Crippen LogP contribution in [0.3, 0.4) is 0 Å². The fraction of sp³-hybridized carbons (Fsp3) is 0.320. The van der Waals surface area contributed by atoms with Gasteiger partial charge in [-0.05, 0) is 42.2 Å². The summed E-state index contributed by atoms with van der Waals surface area (Å²) in [6, 6.07) is 16.3. The van der Waals surface area contributed by atoms with Gasteiger partial charge in [0, 0.05) is 50.7 Å². The van der Waals surface area contributed by atoms with Crippen LogP contribution in [0, 0.1) is 13.8 Å². The van der Waals surface area contributed by atoms with Gasteiger partial charge < -0.3 is 4.42 Å². The van der Waals surface area contributed by atoms with Crippen molar-refractivity contribution in [2.45, 2.75) is 20.4 Å². The van der Waals surface area contributed by atoms with Crippen LogP contribution in [0.1, 0.15) is 22.3 Å². The highest BCUT2D eigenvalue weighted by atomic mass is 16.4. The van der Waals surface area contributed by atoms with Gasteiger partial charge in [0.2, 0.25) is 0 Å². The Labute approximate surface area is 172 Å². The molecular weight excluding hydrogens is 360 g/mol. The average molecular weight is 389 g/mol. The van der Waals surface area contributed by atoms with Crippen molar-refractivity contribution in [3.05, 3.63) is 87.3 Å². The number of benzene rings is 2. The van der Waals surface area contributed by atoms with Gasteiger partial charge in [0.05, 0.1) is 0 Å². The molecule has 0 radical (unpaired) electrons. The van der Waals surface area contributed by atoms with Crippen molar-refractivity contribution in [2.75, 3.05) is 32.7 Å². The standard InChI is InChI=1S/C25H28N2O2/c1-19-15-20(2)25-23(16-19)22(17-24(28)29-25)18-27-13-11-26(12-14-27)10-6-9-21-7-4-3-5-8-21/h3-9,15-17H,10-14,18H2,1-2H3/b9-6+. The van der Waals surface area contributed by atoms with Gasteiger partial charge in [-0.1, -0.05) is 48.6 Å². The number of aryl methyl sites for hydroxylation is 2. The Bertz CT molecular complexity index is 1060. The Morgan fingerprint density at radius 2 is 1.69 bits per heavy atom. The average Bonchev–Trinajstić information content (AvgIpc) is 2.71. The second-order valence-corrected chi connectivity index (χ2v) is 7.94. The molecule has 1 aliphatic heterocycles. The van der Waals surface area contributed by atoms with Gasteiger partial charge in [-0.15, -0.1) is 0 Å². The Kier molecular flexibility index (Phi) is 5.93. The van der Waals surface area contributed by atoms with E-state index < -0.39 is 0 Å². The maximum atomic E-state index is 12.1. The van der Waals surface area contributed by atoms with Crippen molar-refractivity contribution >= 4 is 17.0 Å². The summed E-state index contributed by atoms with van der Waals surface area (Å²) in [6.07, 6.45) is 4.43. The topological polar surface area (TPSA) is 36.7 Å². The van der Waals surface area contributed by atoms with Gasteiger partial charge in [-0.25, -0.2) is 4.79 Å². The van der Waals surface area contributed by atoms with E-state index in [1.54, 1.807) is 6.07 Å². The minimum Gasteiger partial charge on any atom is -0.422 e. The van der Waals surface area contributed by atoms with Crippen molar-refractivity contribution in [2.24, 2.45) is 0 Å². The molecule has 0 spiro atoms. The molecule has 0 saturated carbocycles. The molecule has 2 heterocycles. The summed E-state index contributed by atoms with van der Waals surface area (Å²) in [5.74, 6) is 0. The Morgan fingerprint density at radius 1 is 0.966 bits per heavy atom. The quantitative estimate of drug-likeness (QED) is 0.613. The third kappa shape index (κ3) is 4.84. The van der Waals surface area contributed by atoms with Crippen LogP contribution in [-0.2, 0) is 6.54 Å². The van der Waals surface area contributed by atoms with E-state index in [-0.39, 0.29) is 5.63 Å². The molecule has 4 heteroatoms. The molecule has 1 saturated heterocycles. The number of nitrogens with zero attached hydrogens (tertiary/aromatic N) is 2. The van der Waals surface area contributed by atoms with E-state index in [0.717, 1.165) is 61.4 Å². The zero-order valence-electron chi connectivity index (χ0n) is 17.2. The Balaban J connectivity index is 1.39. The number of piperazine rings is 1. The molecule has 1 aliphatic rings. The van der Waals surface area contributed by atoms with Crippen LogP contribution in [-0.4, -0.2) is 42.5 Å². The van der Waals surface area contributed by atoms with Crippen molar-refractivity contribution < 1.29 is 4.42 Å². The normalized spacial score (nSPS) is 16.1. The van der Waals surface area contributed by atoms with Crippen LogP contribution in [0.15, 0.2) is 63.8 Å².